The van der Waals surface area contributed by atoms with E-state index in [0.29, 0.717) is 17.1 Å². The molecule has 0 spiro atoms. The van der Waals surface area contributed by atoms with Crippen LogP contribution in [0.1, 0.15) is 6.92 Å². The standard InChI is InChI=1S/C18H15N3O2/c1-13(22)19-16-12-17(23)21(15-10-6-3-7-11-15)20-18(16)14-8-4-2-5-9-14/h2-12H,1H3,(H,19,22). The Labute approximate surface area is 133 Å². The molecule has 0 fully saturated rings. The first-order valence-electron chi connectivity index (χ1n) is 7.18. The van der Waals surface area contributed by atoms with Crippen molar-refractivity contribution in [1.29, 1.82) is 0 Å². The number of carbonyl (C=O) groups excluding carboxylic acids is 1. The van der Waals surface area contributed by atoms with Crippen molar-refractivity contribution in [2.24, 2.45) is 0 Å². The van der Waals surface area contributed by atoms with Gasteiger partial charge in [0.05, 0.1) is 11.4 Å². The molecule has 1 aromatic heterocycles. The first-order valence-corrected chi connectivity index (χ1v) is 7.18. The van der Waals surface area contributed by atoms with Crippen LogP contribution in [0.3, 0.4) is 0 Å². The third-order valence-electron chi connectivity index (χ3n) is 3.29. The number of hydrogen-bond donors (Lipinski definition) is 1. The Morgan fingerprint density at radius 2 is 1.61 bits per heavy atom. The number of rotatable bonds is 3. The molecular weight excluding hydrogens is 290 g/mol. The van der Waals surface area contributed by atoms with E-state index in [2.05, 4.69) is 10.4 Å². The highest BCUT2D eigenvalue weighted by molar-refractivity contribution is 5.92. The molecule has 0 saturated carbocycles. The molecule has 3 aromatic rings. The van der Waals surface area contributed by atoms with Gasteiger partial charge in [-0.1, -0.05) is 48.5 Å². The normalized spacial score (nSPS) is 10.3. The van der Waals surface area contributed by atoms with Gasteiger partial charge in [0, 0.05) is 18.6 Å². The number of aromatic nitrogens is 2. The molecule has 0 radical (unpaired) electrons. The second kappa shape index (κ2) is 6.27. The quantitative estimate of drug-likeness (QED) is 0.809. The van der Waals surface area contributed by atoms with E-state index in [1.165, 1.54) is 17.7 Å². The van der Waals surface area contributed by atoms with Gasteiger partial charge in [-0.2, -0.15) is 9.78 Å². The molecule has 114 valence electrons. The van der Waals surface area contributed by atoms with Gasteiger partial charge in [-0.15, -0.1) is 0 Å². The number of hydrogen-bond acceptors (Lipinski definition) is 3. The molecule has 3 rings (SSSR count). The van der Waals surface area contributed by atoms with Crippen LogP contribution in [0.25, 0.3) is 16.9 Å². The first kappa shape index (κ1) is 14.7. The van der Waals surface area contributed by atoms with E-state index >= 15 is 0 Å². The maximum absolute atomic E-state index is 12.4. The van der Waals surface area contributed by atoms with Gasteiger partial charge in [0.1, 0.15) is 5.69 Å². The van der Waals surface area contributed by atoms with Crippen molar-refractivity contribution in [3.05, 3.63) is 77.1 Å². The van der Waals surface area contributed by atoms with Crippen molar-refractivity contribution in [2.75, 3.05) is 5.32 Å². The van der Waals surface area contributed by atoms with Gasteiger partial charge < -0.3 is 5.32 Å². The number of amides is 1. The van der Waals surface area contributed by atoms with Crippen LogP contribution >= 0.6 is 0 Å². The van der Waals surface area contributed by atoms with Gasteiger partial charge in [0.15, 0.2) is 0 Å². The lowest BCUT2D eigenvalue weighted by Crippen LogP contribution is -2.23. The summed E-state index contributed by atoms with van der Waals surface area (Å²) in [6, 6.07) is 20.0. The van der Waals surface area contributed by atoms with E-state index in [1.54, 1.807) is 12.1 Å². The van der Waals surface area contributed by atoms with Crippen LogP contribution in [0.5, 0.6) is 0 Å². The zero-order chi connectivity index (χ0) is 16.2. The number of nitrogens with zero attached hydrogens (tertiary/aromatic N) is 2. The number of anilines is 1. The SMILES string of the molecule is CC(=O)Nc1cc(=O)n(-c2ccccc2)nc1-c1ccccc1. The average Bonchev–Trinajstić information content (AvgIpc) is 2.56. The maximum atomic E-state index is 12.4. The van der Waals surface area contributed by atoms with E-state index in [1.807, 2.05) is 48.5 Å². The molecule has 0 aliphatic rings. The molecule has 0 atom stereocenters. The van der Waals surface area contributed by atoms with Crippen LogP contribution < -0.4 is 10.9 Å². The summed E-state index contributed by atoms with van der Waals surface area (Å²) in [5.74, 6) is -0.249. The Morgan fingerprint density at radius 1 is 1.00 bits per heavy atom. The fourth-order valence-corrected chi connectivity index (χ4v) is 2.30. The predicted molar refractivity (Wildman–Crippen MR) is 89.6 cm³/mol. The topological polar surface area (TPSA) is 64.0 Å². The van der Waals surface area contributed by atoms with Gasteiger partial charge in [-0.25, -0.2) is 0 Å². The van der Waals surface area contributed by atoms with Crippen molar-refractivity contribution >= 4 is 11.6 Å². The molecule has 1 amide bonds. The van der Waals surface area contributed by atoms with Gasteiger partial charge in [-0.3, -0.25) is 9.59 Å². The van der Waals surface area contributed by atoms with Crippen LogP contribution in [0, 0.1) is 0 Å². The minimum Gasteiger partial charge on any atom is -0.324 e. The van der Waals surface area contributed by atoms with E-state index in [4.69, 9.17) is 0 Å². The summed E-state index contributed by atoms with van der Waals surface area (Å²) in [5.41, 5.74) is 2.13. The van der Waals surface area contributed by atoms with Crippen molar-refractivity contribution in [1.82, 2.24) is 9.78 Å². The molecule has 0 unspecified atom stereocenters. The fraction of sp³-hybridized carbons (Fsp3) is 0.0556. The maximum Gasteiger partial charge on any atom is 0.273 e. The molecule has 5 heteroatoms. The molecule has 0 saturated heterocycles. The van der Waals surface area contributed by atoms with Gasteiger partial charge in [0.25, 0.3) is 5.56 Å². The van der Waals surface area contributed by atoms with E-state index in [9.17, 15) is 9.59 Å². The van der Waals surface area contributed by atoms with E-state index < -0.39 is 0 Å². The van der Waals surface area contributed by atoms with Gasteiger partial charge >= 0.3 is 0 Å². The number of para-hydroxylation sites is 1. The zero-order valence-electron chi connectivity index (χ0n) is 12.6. The summed E-state index contributed by atoms with van der Waals surface area (Å²) in [4.78, 5) is 23.8. The highest BCUT2D eigenvalue weighted by Gasteiger charge is 2.13. The zero-order valence-corrected chi connectivity index (χ0v) is 12.6. The third kappa shape index (κ3) is 3.18. The Hall–Kier alpha value is -3.21. The molecule has 0 bridgehead atoms. The summed E-state index contributed by atoms with van der Waals surface area (Å²) in [6.45, 7) is 1.40. The van der Waals surface area contributed by atoms with E-state index in [0.717, 1.165) is 5.56 Å². The van der Waals surface area contributed by atoms with Crippen LogP contribution in [0.4, 0.5) is 5.69 Å². The van der Waals surface area contributed by atoms with Crippen LogP contribution in [0.2, 0.25) is 0 Å². The molecule has 23 heavy (non-hydrogen) atoms. The third-order valence-corrected chi connectivity index (χ3v) is 3.29. The Bertz CT molecular complexity index is 887. The summed E-state index contributed by atoms with van der Waals surface area (Å²) < 4.78 is 1.33. The summed E-state index contributed by atoms with van der Waals surface area (Å²) >= 11 is 0. The highest BCUT2D eigenvalue weighted by Crippen LogP contribution is 2.24. The van der Waals surface area contributed by atoms with Crippen molar-refractivity contribution in [3.8, 4) is 16.9 Å². The number of benzene rings is 2. The first-order chi connectivity index (χ1) is 11.1. The Balaban J connectivity index is 2.22. The lowest BCUT2D eigenvalue weighted by atomic mass is 10.1. The highest BCUT2D eigenvalue weighted by atomic mass is 16.1. The Kier molecular flexibility index (Phi) is 4.01. The van der Waals surface area contributed by atoms with Crippen molar-refractivity contribution in [3.63, 3.8) is 0 Å². The van der Waals surface area contributed by atoms with Gasteiger partial charge in [-0.05, 0) is 12.1 Å². The molecule has 1 heterocycles. The summed E-state index contributed by atoms with van der Waals surface area (Å²) in [5, 5.41) is 7.13. The summed E-state index contributed by atoms with van der Waals surface area (Å²) in [6.07, 6.45) is 0. The molecule has 2 aromatic carbocycles. The predicted octanol–water partition coefficient (Wildman–Crippen LogP) is 2.86. The van der Waals surface area contributed by atoms with Crippen molar-refractivity contribution in [2.45, 2.75) is 6.92 Å². The monoisotopic (exact) mass is 305 g/mol. The van der Waals surface area contributed by atoms with Crippen molar-refractivity contribution < 1.29 is 4.79 Å². The number of nitrogens with one attached hydrogen (secondary N) is 1. The van der Waals surface area contributed by atoms with Gasteiger partial charge in [0.2, 0.25) is 5.91 Å². The smallest absolute Gasteiger partial charge is 0.273 e. The fourth-order valence-electron chi connectivity index (χ4n) is 2.30. The van der Waals surface area contributed by atoms with Crippen LogP contribution in [-0.2, 0) is 4.79 Å². The molecule has 1 N–H and O–H groups in total. The lowest BCUT2D eigenvalue weighted by molar-refractivity contribution is -0.114. The lowest BCUT2D eigenvalue weighted by Gasteiger charge is -2.12. The molecular formula is C18H15N3O2. The molecule has 5 nitrogen and oxygen atoms in total. The largest absolute Gasteiger partial charge is 0.324 e. The minimum absolute atomic E-state index is 0.249. The average molecular weight is 305 g/mol. The van der Waals surface area contributed by atoms with E-state index in [-0.39, 0.29) is 11.5 Å². The molecule has 0 aliphatic heterocycles. The Morgan fingerprint density at radius 3 is 2.22 bits per heavy atom. The van der Waals surface area contributed by atoms with Crippen LogP contribution in [-0.4, -0.2) is 15.7 Å². The molecule has 0 aliphatic carbocycles. The second-order valence-corrected chi connectivity index (χ2v) is 5.04. The second-order valence-electron chi connectivity index (χ2n) is 5.04. The minimum atomic E-state index is -0.306. The summed E-state index contributed by atoms with van der Waals surface area (Å²) in [7, 11) is 0. The van der Waals surface area contributed by atoms with Crippen LogP contribution in [0.15, 0.2) is 71.5 Å². The number of carbonyl (C=O) groups is 1.